The van der Waals surface area contributed by atoms with E-state index in [0.717, 1.165) is 6.42 Å². The third-order valence-corrected chi connectivity index (χ3v) is 3.84. The van der Waals surface area contributed by atoms with Crippen LogP contribution in [0.25, 0.3) is 0 Å². The summed E-state index contributed by atoms with van der Waals surface area (Å²) in [4.78, 5) is 18.8. The van der Waals surface area contributed by atoms with Gasteiger partial charge < -0.3 is 10.0 Å². The van der Waals surface area contributed by atoms with Gasteiger partial charge in [0.1, 0.15) is 5.75 Å². The fourth-order valence-electron chi connectivity index (χ4n) is 2.63. The second-order valence-electron chi connectivity index (χ2n) is 5.09. The molecule has 0 saturated carbocycles. The van der Waals surface area contributed by atoms with Gasteiger partial charge in [0.25, 0.3) is 5.91 Å². The maximum absolute atomic E-state index is 12.6. The Hall–Kier alpha value is -2.10. The Morgan fingerprint density at radius 3 is 3.00 bits per heavy atom. The zero-order valence-corrected chi connectivity index (χ0v) is 11.1. The first-order chi connectivity index (χ1) is 9.10. The summed E-state index contributed by atoms with van der Waals surface area (Å²) in [6.45, 7) is 4.46. The second kappa shape index (κ2) is 4.23. The molecule has 98 valence electrons. The molecule has 1 atom stereocenters. The van der Waals surface area contributed by atoms with Crippen LogP contribution in [0, 0.1) is 6.92 Å². The van der Waals surface area contributed by atoms with Gasteiger partial charge in [-0.1, -0.05) is 11.6 Å². The number of aliphatic imine (C=N–C) groups is 1. The molecule has 0 aliphatic carbocycles. The van der Waals surface area contributed by atoms with Gasteiger partial charge in [0, 0.05) is 18.8 Å². The number of hydrogen-bond acceptors (Lipinski definition) is 3. The van der Waals surface area contributed by atoms with Gasteiger partial charge >= 0.3 is 0 Å². The van der Waals surface area contributed by atoms with Crippen molar-refractivity contribution in [1.82, 2.24) is 4.90 Å². The quantitative estimate of drug-likeness (QED) is 0.725. The first kappa shape index (κ1) is 12.0. The van der Waals surface area contributed by atoms with Gasteiger partial charge in [-0.05, 0) is 31.9 Å². The summed E-state index contributed by atoms with van der Waals surface area (Å²) in [5, 5.41) is 9.73. The van der Waals surface area contributed by atoms with Gasteiger partial charge in [0.2, 0.25) is 0 Å². The number of carbonyl (C=O) groups excluding carboxylic acids is 1. The monoisotopic (exact) mass is 256 g/mol. The molecule has 1 aromatic rings. The number of rotatable bonds is 0. The zero-order chi connectivity index (χ0) is 13.6. The van der Waals surface area contributed by atoms with Crippen LogP contribution in [-0.4, -0.2) is 34.7 Å². The lowest BCUT2D eigenvalue weighted by Crippen LogP contribution is -2.35. The molecule has 1 N–H and O–H groups in total. The highest BCUT2D eigenvalue weighted by molar-refractivity contribution is 6.03. The maximum Gasteiger partial charge on any atom is 0.256 e. The van der Waals surface area contributed by atoms with E-state index in [-0.39, 0.29) is 17.7 Å². The van der Waals surface area contributed by atoms with Crippen LogP contribution in [0.1, 0.15) is 29.3 Å². The molecule has 0 bridgehead atoms. The van der Waals surface area contributed by atoms with E-state index in [9.17, 15) is 9.90 Å². The van der Waals surface area contributed by atoms with E-state index in [1.807, 2.05) is 18.0 Å². The first-order valence-electron chi connectivity index (χ1n) is 6.43. The maximum atomic E-state index is 12.6. The number of benzene rings is 1. The number of nitrogens with zero attached hydrogens (tertiary/aromatic N) is 2. The van der Waals surface area contributed by atoms with Crippen molar-refractivity contribution in [1.29, 1.82) is 0 Å². The van der Waals surface area contributed by atoms with E-state index in [1.165, 1.54) is 5.57 Å². The fraction of sp³-hybridized carbons (Fsp3) is 0.333. The number of carbonyl (C=O) groups is 1. The minimum absolute atomic E-state index is 0.00236. The fourth-order valence-corrected chi connectivity index (χ4v) is 2.63. The molecular formula is C15H16N2O2. The molecule has 4 heteroatoms. The normalized spacial score (nSPS) is 23.5. The van der Waals surface area contributed by atoms with Crippen molar-refractivity contribution in [3.8, 4) is 5.75 Å². The number of fused-ring (bicyclic) bond motifs is 2. The minimum atomic E-state index is -0.00236. The molecule has 2 aliphatic rings. The average Bonchev–Trinajstić information content (AvgIpc) is 2.77. The lowest BCUT2D eigenvalue weighted by Gasteiger charge is -2.19. The molecule has 2 heterocycles. The molecule has 0 radical (unpaired) electrons. The van der Waals surface area contributed by atoms with Gasteiger partial charge in [0.15, 0.2) is 0 Å². The van der Waals surface area contributed by atoms with Crippen LogP contribution in [0.2, 0.25) is 0 Å². The molecule has 1 amide bonds. The number of aromatic hydroxyl groups is 1. The van der Waals surface area contributed by atoms with Crippen molar-refractivity contribution < 1.29 is 9.90 Å². The van der Waals surface area contributed by atoms with Crippen molar-refractivity contribution in [2.24, 2.45) is 4.99 Å². The summed E-state index contributed by atoms with van der Waals surface area (Å²) >= 11 is 0. The summed E-state index contributed by atoms with van der Waals surface area (Å²) in [5.41, 5.74) is 3.10. The smallest absolute Gasteiger partial charge is 0.256 e. The predicted molar refractivity (Wildman–Crippen MR) is 74.2 cm³/mol. The van der Waals surface area contributed by atoms with Crippen LogP contribution in [0.5, 0.6) is 5.75 Å². The number of hydrogen-bond donors (Lipinski definition) is 1. The Morgan fingerprint density at radius 2 is 2.26 bits per heavy atom. The molecule has 1 fully saturated rings. The molecule has 2 aliphatic heterocycles. The minimum Gasteiger partial charge on any atom is -0.508 e. The van der Waals surface area contributed by atoms with E-state index in [1.54, 1.807) is 19.1 Å². The molecule has 4 nitrogen and oxygen atoms in total. The first-order valence-corrected chi connectivity index (χ1v) is 6.43. The molecule has 3 rings (SSSR count). The van der Waals surface area contributed by atoms with Crippen molar-refractivity contribution in [2.75, 3.05) is 6.54 Å². The van der Waals surface area contributed by atoms with Crippen LogP contribution in [0.15, 0.2) is 28.8 Å². The number of aryl methyl sites for hydroxylation is 1. The van der Waals surface area contributed by atoms with Gasteiger partial charge in [-0.15, -0.1) is 0 Å². The van der Waals surface area contributed by atoms with Crippen molar-refractivity contribution >= 4 is 17.8 Å². The third-order valence-electron chi connectivity index (χ3n) is 3.84. The summed E-state index contributed by atoms with van der Waals surface area (Å²) < 4.78 is 0. The van der Waals surface area contributed by atoms with E-state index < -0.39 is 0 Å². The molecule has 0 aromatic heterocycles. The highest BCUT2D eigenvalue weighted by atomic mass is 16.3. The van der Waals surface area contributed by atoms with E-state index in [0.29, 0.717) is 23.4 Å². The largest absolute Gasteiger partial charge is 0.508 e. The highest BCUT2D eigenvalue weighted by Crippen LogP contribution is 2.34. The van der Waals surface area contributed by atoms with E-state index in [4.69, 9.17) is 0 Å². The van der Waals surface area contributed by atoms with E-state index in [2.05, 4.69) is 11.1 Å². The predicted octanol–water partition coefficient (Wildman–Crippen LogP) is 2.58. The highest BCUT2D eigenvalue weighted by Gasteiger charge is 2.34. The Labute approximate surface area is 112 Å². The third kappa shape index (κ3) is 1.84. The lowest BCUT2D eigenvalue weighted by molar-refractivity contribution is 0.0778. The summed E-state index contributed by atoms with van der Waals surface area (Å²) in [6, 6.07) is 3.33. The Kier molecular flexibility index (Phi) is 2.66. The van der Waals surface area contributed by atoms with Crippen LogP contribution < -0.4 is 0 Å². The van der Waals surface area contributed by atoms with Crippen LogP contribution in [0.4, 0.5) is 5.69 Å². The number of allylic oxidation sites excluding steroid dienone is 1. The summed E-state index contributed by atoms with van der Waals surface area (Å²) in [6.07, 6.45) is 4.73. The Balaban J connectivity index is 2.09. The van der Waals surface area contributed by atoms with Gasteiger partial charge in [0.05, 0.1) is 17.3 Å². The number of amides is 1. The Morgan fingerprint density at radius 1 is 1.47 bits per heavy atom. The van der Waals surface area contributed by atoms with E-state index >= 15 is 0 Å². The SMILES string of the molecule is C/C=C1\C[C@H]2C=Nc3cc(O)c(C)cc3C(=O)N2C1. The molecule has 1 aromatic carbocycles. The standard InChI is InChI=1S/C15H16N2O2/c1-3-10-5-11-7-16-13-6-14(18)9(2)4-12(13)15(19)17(11)8-10/h3-4,6-7,11,18H,5,8H2,1-2H3/b10-3+/t11-/m0/s1. The molecule has 19 heavy (non-hydrogen) atoms. The molecule has 0 unspecified atom stereocenters. The van der Waals surface area contributed by atoms with Crippen molar-refractivity contribution in [3.05, 3.63) is 34.9 Å². The second-order valence-corrected chi connectivity index (χ2v) is 5.09. The average molecular weight is 256 g/mol. The lowest BCUT2D eigenvalue weighted by atomic mass is 10.1. The molecule has 1 saturated heterocycles. The van der Waals surface area contributed by atoms with Gasteiger partial charge in [-0.2, -0.15) is 0 Å². The van der Waals surface area contributed by atoms with Crippen molar-refractivity contribution in [2.45, 2.75) is 26.3 Å². The summed E-state index contributed by atoms with van der Waals surface area (Å²) in [7, 11) is 0. The van der Waals surface area contributed by atoms with Gasteiger partial charge in [-0.25, -0.2) is 0 Å². The van der Waals surface area contributed by atoms with Crippen LogP contribution >= 0.6 is 0 Å². The number of phenolic OH excluding ortho intramolecular Hbond substituents is 1. The van der Waals surface area contributed by atoms with Gasteiger partial charge in [-0.3, -0.25) is 9.79 Å². The van der Waals surface area contributed by atoms with Crippen LogP contribution in [-0.2, 0) is 0 Å². The Bertz CT molecular complexity index is 617. The van der Waals surface area contributed by atoms with Crippen LogP contribution in [0.3, 0.4) is 0 Å². The van der Waals surface area contributed by atoms with Crippen molar-refractivity contribution in [3.63, 3.8) is 0 Å². The number of phenols is 1. The topological polar surface area (TPSA) is 52.9 Å². The molecular weight excluding hydrogens is 240 g/mol. The zero-order valence-electron chi connectivity index (χ0n) is 11.1. The molecule has 0 spiro atoms. The summed E-state index contributed by atoms with van der Waals surface area (Å²) in [5.74, 6) is 0.178.